The predicted molar refractivity (Wildman–Crippen MR) is 67.3 cm³/mol. The number of hydrogen-bond donors (Lipinski definition) is 2. The van der Waals surface area contributed by atoms with Crippen LogP contribution in [-0.4, -0.2) is 27.5 Å². The summed E-state index contributed by atoms with van der Waals surface area (Å²) in [5.41, 5.74) is 5.82. The van der Waals surface area contributed by atoms with Gasteiger partial charge in [-0.25, -0.2) is 4.98 Å². The zero-order valence-corrected chi connectivity index (χ0v) is 10.6. The second kappa shape index (κ2) is 7.06. The Labute approximate surface area is 102 Å². The molecule has 17 heavy (non-hydrogen) atoms. The van der Waals surface area contributed by atoms with Gasteiger partial charge in [0.25, 0.3) is 0 Å². The van der Waals surface area contributed by atoms with Crippen LogP contribution in [0.15, 0.2) is 18.7 Å². The number of aromatic nitrogens is 2. The zero-order chi connectivity index (χ0) is 12.7. The molecule has 0 spiro atoms. The first-order valence-electron chi connectivity index (χ1n) is 6.12. The third-order valence-electron chi connectivity index (χ3n) is 2.56. The first-order valence-corrected chi connectivity index (χ1v) is 6.12. The van der Waals surface area contributed by atoms with Crippen molar-refractivity contribution in [2.45, 2.75) is 51.7 Å². The molecule has 0 aliphatic rings. The van der Waals surface area contributed by atoms with E-state index in [0.29, 0.717) is 6.42 Å². The number of hydrogen-bond acceptors (Lipinski definition) is 3. The number of carbonyl (C=O) groups excluding carboxylic acids is 1. The normalized spacial score (nSPS) is 14.3. The fourth-order valence-corrected chi connectivity index (χ4v) is 1.80. The van der Waals surface area contributed by atoms with Gasteiger partial charge in [0.1, 0.15) is 0 Å². The maximum atomic E-state index is 11.7. The minimum absolute atomic E-state index is 0.0264. The van der Waals surface area contributed by atoms with Crippen molar-refractivity contribution in [2.75, 3.05) is 0 Å². The van der Waals surface area contributed by atoms with Crippen LogP contribution < -0.4 is 11.1 Å². The first kappa shape index (κ1) is 13.7. The van der Waals surface area contributed by atoms with Gasteiger partial charge in [-0.05, 0) is 13.3 Å². The van der Waals surface area contributed by atoms with Crippen LogP contribution in [0.2, 0.25) is 0 Å². The van der Waals surface area contributed by atoms with Crippen molar-refractivity contribution in [1.29, 1.82) is 0 Å². The van der Waals surface area contributed by atoms with Gasteiger partial charge in [0, 0.05) is 37.4 Å². The van der Waals surface area contributed by atoms with Crippen molar-refractivity contribution >= 4 is 5.91 Å². The molecule has 1 aromatic heterocycles. The molecule has 2 unspecified atom stereocenters. The molecule has 1 amide bonds. The molecule has 0 aromatic carbocycles. The minimum Gasteiger partial charge on any atom is -0.352 e. The second-order valence-corrected chi connectivity index (χ2v) is 4.48. The van der Waals surface area contributed by atoms with Gasteiger partial charge in [-0.15, -0.1) is 0 Å². The van der Waals surface area contributed by atoms with Crippen LogP contribution >= 0.6 is 0 Å². The van der Waals surface area contributed by atoms with E-state index in [4.69, 9.17) is 5.73 Å². The molecule has 0 radical (unpaired) electrons. The Balaban J connectivity index is 2.26. The number of rotatable bonds is 7. The van der Waals surface area contributed by atoms with E-state index in [2.05, 4.69) is 17.2 Å². The van der Waals surface area contributed by atoms with E-state index in [-0.39, 0.29) is 18.0 Å². The number of amides is 1. The van der Waals surface area contributed by atoms with Crippen LogP contribution in [0.5, 0.6) is 0 Å². The van der Waals surface area contributed by atoms with Crippen molar-refractivity contribution in [3.8, 4) is 0 Å². The molecule has 1 aromatic rings. The van der Waals surface area contributed by atoms with Gasteiger partial charge in [-0.2, -0.15) is 0 Å². The molecule has 0 aliphatic carbocycles. The van der Waals surface area contributed by atoms with Crippen LogP contribution in [0.4, 0.5) is 0 Å². The van der Waals surface area contributed by atoms with Crippen molar-refractivity contribution in [3.63, 3.8) is 0 Å². The summed E-state index contributed by atoms with van der Waals surface area (Å²) in [5.74, 6) is 0.0264. The van der Waals surface area contributed by atoms with Crippen molar-refractivity contribution in [1.82, 2.24) is 14.9 Å². The van der Waals surface area contributed by atoms with Crippen molar-refractivity contribution in [2.24, 2.45) is 5.73 Å². The van der Waals surface area contributed by atoms with Crippen LogP contribution in [-0.2, 0) is 11.3 Å². The smallest absolute Gasteiger partial charge is 0.221 e. The van der Waals surface area contributed by atoms with E-state index in [9.17, 15) is 4.79 Å². The summed E-state index contributed by atoms with van der Waals surface area (Å²) in [4.78, 5) is 15.6. The lowest BCUT2D eigenvalue weighted by Gasteiger charge is -2.16. The average Bonchev–Trinajstić information content (AvgIpc) is 2.69. The predicted octanol–water partition coefficient (Wildman–Crippen LogP) is 0.905. The highest BCUT2D eigenvalue weighted by Crippen LogP contribution is 1.99. The SMILES string of the molecule is CCCC(N)CC(=O)NC(C)Cn1ccnc1. The number of imidazole rings is 1. The molecule has 0 bridgehead atoms. The Hall–Kier alpha value is -1.36. The fraction of sp³-hybridized carbons (Fsp3) is 0.667. The third kappa shape index (κ3) is 5.49. The van der Waals surface area contributed by atoms with Gasteiger partial charge >= 0.3 is 0 Å². The fourth-order valence-electron chi connectivity index (χ4n) is 1.80. The highest BCUT2D eigenvalue weighted by Gasteiger charge is 2.11. The third-order valence-corrected chi connectivity index (χ3v) is 2.56. The summed E-state index contributed by atoms with van der Waals surface area (Å²) in [6.07, 6.45) is 7.66. The molecule has 0 saturated heterocycles. The Morgan fingerprint density at radius 2 is 2.35 bits per heavy atom. The van der Waals surface area contributed by atoms with E-state index >= 15 is 0 Å². The summed E-state index contributed by atoms with van der Waals surface area (Å²) >= 11 is 0. The number of nitrogens with two attached hydrogens (primary N) is 1. The Kier molecular flexibility index (Phi) is 5.69. The molecule has 5 nitrogen and oxygen atoms in total. The quantitative estimate of drug-likeness (QED) is 0.741. The molecule has 0 fully saturated rings. The van der Waals surface area contributed by atoms with E-state index < -0.39 is 0 Å². The average molecular weight is 238 g/mol. The molecule has 1 rings (SSSR count). The highest BCUT2D eigenvalue weighted by molar-refractivity contribution is 5.76. The van der Waals surface area contributed by atoms with Crippen LogP contribution in [0.25, 0.3) is 0 Å². The van der Waals surface area contributed by atoms with Gasteiger partial charge in [0.2, 0.25) is 5.91 Å². The van der Waals surface area contributed by atoms with Crippen molar-refractivity contribution < 1.29 is 4.79 Å². The van der Waals surface area contributed by atoms with Gasteiger partial charge in [0.05, 0.1) is 6.33 Å². The van der Waals surface area contributed by atoms with E-state index in [1.165, 1.54) is 0 Å². The van der Waals surface area contributed by atoms with Gasteiger partial charge in [-0.1, -0.05) is 13.3 Å². The van der Waals surface area contributed by atoms with E-state index in [1.54, 1.807) is 12.5 Å². The monoisotopic (exact) mass is 238 g/mol. The zero-order valence-electron chi connectivity index (χ0n) is 10.6. The lowest BCUT2D eigenvalue weighted by molar-refractivity contribution is -0.122. The maximum Gasteiger partial charge on any atom is 0.221 e. The van der Waals surface area contributed by atoms with Crippen LogP contribution in [0.3, 0.4) is 0 Å². The number of nitrogens with one attached hydrogen (secondary N) is 1. The largest absolute Gasteiger partial charge is 0.352 e. The molecule has 2 atom stereocenters. The molecular formula is C12H22N4O. The summed E-state index contributed by atoms with van der Waals surface area (Å²) in [5, 5.41) is 2.94. The van der Waals surface area contributed by atoms with Gasteiger partial charge in [-0.3, -0.25) is 4.79 Å². The molecule has 3 N–H and O–H groups in total. The lowest BCUT2D eigenvalue weighted by Crippen LogP contribution is -2.38. The Morgan fingerprint density at radius 1 is 1.59 bits per heavy atom. The maximum absolute atomic E-state index is 11.7. The number of carbonyl (C=O) groups is 1. The minimum atomic E-state index is -0.0274. The first-order chi connectivity index (χ1) is 8.11. The molecular weight excluding hydrogens is 216 g/mol. The number of nitrogens with zero attached hydrogens (tertiary/aromatic N) is 2. The molecule has 1 heterocycles. The highest BCUT2D eigenvalue weighted by atomic mass is 16.1. The second-order valence-electron chi connectivity index (χ2n) is 4.48. The molecule has 0 aliphatic heterocycles. The van der Waals surface area contributed by atoms with E-state index in [0.717, 1.165) is 19.4 Å². The Bertz CT molecular complexity index is 323. The van der Waals surface area contributed by atoms with Gasteiger partial charge < -0.3 is 15.6 Å². The van der Waals surface area contributed by atoms with E-state index in [1.807, 2.05) is 17.7 Å². The summed E-state index contributed by atoms with van der Waals surface area (Å²) in [6.45, 7) is 4.78. The van der Waals surface area contributed by atoms with Crippen LogP contribution in [0.1, 0.15) is 33.1 Å². The molecule has 0 saturated carbocycles. The lowest BCUT2D eigenvalue weighted by atomic mass is 10.1. The molecule has 5 heteroatoms. The van der Waals surface area contributed by atoms with Crippen molar-refractivity contribution in [3.05, 3.63) is 18.7 Å². The van der Waals surface area contributed by atoms with Crippen LogP contribution in [0, 0.1) is 0 Å². The summed E-state index contributed by atoms with van der Waals surface area (Å²) < 4.78 is 1.94. The summed E-state index contributed by atoms with van der Waals surface area (Å²) in [6, 6.07) is 0.0611. The molecule has 96 valence electrons. The van der Waals surface area contributed by atoms with Gasteiger partial charge in [0.15, 0.2) is 0 Å². The summed E-state index contributed by atoms with van der Waals surface area (Å²) in [7, 11) is 0. The Morgan fingerprint density at radius 3 is 2.94 bits per heavy atom. The topological polar surface area (TPSA) is 72.9 Å². The standard InChI is InChI=1S/C12H22N4O/c1-3-4-11(13)7-12(17)15-10(2)8-16-6-5-14-9-16/h5-6,9-11H,3-4,7-8,13H2,1-2H3,(H,15,17).